The van der Waals surface area contributed by atoms with E-state index in [1.165, 1.54) is 71.1 Å². The molecule has 0 aromatic rings. The van der Waals surface area contributed by atoms with Crippen molar-refractivity contribution in [1.82, 2.24) is 15.1 Å². The molecule has 0 bridgehead atoms. The maximum absolute atomic E-state index is 3.64. The number of rotatable bonds is 6. The molecule has 0 spiro atoms. The molecule has 118 valence electrons. The van der Waals surface area contributed by atoms with Crippen LogP contribution < -0.4 is 5.32 Å². The quantitative estimate of drug-likeness (QED) is 0.807. The minimum Gasteiger partial charge on any atom is -0.316 e. The second kappa shape index (κ2) is 7.77. The van der Waals surface area contributed by atoms with E-state index in [9.17, 15) is 0 Å². The lowest BCUT2D eigenvalue weighted by Crippen LogP contribution is -2.49. The Morgan fingerprint density at radius 2 is 1.80 bits per heavy atom. The van der Waals surface area contributed by atoms with E-state index in [0.29, 0.717) is 5.41 Å². The Hall–Kier alpha value is -0.120. The summed E-state index contributed by atoms with van der Waals surface area (Å²) in [7, 11) is 4.63. The van der Waals surface area contributed by atoms with Crippen molar-refractivity contribution >= 4 is 0 Å². The summed E-state index contributed by atoms with van der Waals surface area (Å²) in [6.07, 6.45) is 9.88. The van der Waals surface area contributed by atoms with Gasteiger partial charge in [0.2, 0.25) is 0 Å². The molecule has 1 heterocycles. The van der Waals surface area contributed by atoms with Crippen molar-refractivity contribution < 1.29 is 0 Å². The highest BCUT2D eigenvalue weighted by atomic mass is 15.2. The zero-order valence-electron chi connectivity index (χ0n) is 14.0. The first kappa shape index (κ1) is 16.3. The number of likely N-dealkylation sites (tertiary alicyclic amines) is 1. The topological polar surface area (TPSA) is 18.5 Å². The smallest absolute Gasteiger partial charge is 0.0117 e. The fourth-order valence-corrected chi connectivity index (χ4v) is 4.18. The zero-order chi connectivity index (χ0) is 14.4. The monoisotopic (exact) mass is 281 g/mol. The van der Waals surface area contributed by atoms with Gasteiger partial charge >= 0.3 is 0 Å². The van der Waals surface area contributed by atoms with Gasteiger partial charge < -0.3 is 15.1 Å². The second-order valence-electron chi connectivity index (χ2n) is 7.29. The first-order valence-electron chi connectivity index (χ1n) is 8.75. The van der Waals surface area contributed by atoms with Crippen LogP contribution in [-0.2, 0) is 0 Å². The van der Waals surface area contributed by atoms with Gasteiger partial charge in [-0.25, -0.2) is 0 Å². The number of nitrogens with zero attached hydrogens (tertiary/aromatic N) is 2. The molecule has 2 aliphatic rings. The van der Waals surface area contributed by atoms with Crippen LogP contribution >= 0.6 is 0 Å². The Morgan fingerprint density at radius 1 is 1.15 bits per heavy atom. The molecule has 2 fully saturated rings. The predicted molar refractivity (Wildman–Crippen MR) is 87.2 cm³/mol. The normalized spacial score (nSPS) is 25.2. The number of hydrogen-bond acceptors (Lipinski definition) is 3. The average Bonchev–Trinajstić information content (AvgIpc) is 2.47. The first-order valence-corrected chi connectivity index (χ1v) is 8.75. The van der Waals surface area contributed by atoms with Gasteiger partial charge in [-0.05, 0) is 64.8 Å². The molecule has 0 aromatic carbocycles. The molecule has 1 saturated carbocycles. The van der Waals surface area contributed by atoms with Crippen LogP contribution in [-0.4, -0.2) is 62.7 Å². The van der Waals surface area contributed by atoms with Crippen LogP contribution in [0.15, 0.2) is 0 Å². The summed E-state index contributed by atoms with van der Waals surface area (Å²) < 4.78 is 0. The highest BCUT2D eigenvalue weighted by Gasteiger charge is 2.34. The van der Waals surface area contributed by atoms with Crippen molar-refractivity contribution in [3.8, 4) is 0 Å². The van der Waals surface area contributed by atoms with Crippen molar-refractivity contribution in [3.05, 3.63) is 0 Å². The number of piperidine rings is 1. The molecule has 1 saturated heterocycles. The second-order valence-corrected chi connectivity index (χ2v) is 7.29. The van der Waals surface area contributed by atoms with Gasteiger partial charge in [-0.15, -0.1) is 0 Å². The van der Waals surface area contributed by atoms with E-state index in [1.54, 1.807) is 0 Å². The third-order valence-corrected chi connectivity index (χ3v) is 5.56. The Balaban J connectivity index is 1.89. The minimum atomic E-state index is 0.548. The van der Waals surface area contributed by atoms with Crippen molar-refractivity contribution in [2.45, 2.75) is 57.9 Å². The third-order valence-electron chi connectivity index (χ3n) is 5.56. The molecule has 0 atom stereocenters. The SMILES string of the molecule is CCNCC1(CN(C)C2CCN(C)CC2)CCCCC1. The molecule has 3 nitrogen and oxygen atoms in total. The van der Waals surface area contributed by atoms with Crippen LogP contribution in [0.1, 0.15) is 51.9 Å². The van der Waals surface area contributed by atoms with Crippen LogP contribution in [0.4, 0.5) is 0 Å². The van der Waals surface area contributed by atoms with E-state index in [1.807, 2.05) is 0 Å². The van der Waals surface area contributed by atoms with Gasteiger partial charge in [0.15, 0.2) is 0 Å². The van der Waals surface area contributed by atoms with Crippen LogP contribution in [0.25, 0.3) is 0 Å². The summed E-state index contributed by atoms with van der Waals surface area (Å²) in [4.78, 5) is 5.16. The van der Waals surface area contributed by atoms with Crippen molar-refractivity contribution in [2.75, 3.05) is 46.8 Å². The van der Waals surface area contributed by atoms with Gasteiger partial charge in [0.25, 0.3) is 0 Å². The van der Waals surface area contributed by atoms with Crippen molar-refractivity contribution in [2.24, 2.45) is 5.41 Å². The molecule has 1 aliphatic heterocycles. The molecule has 1 N–H and O–H groups in total. The van der Waals surface area contributed by atoms with E-state index >= 15 is 0 Å². The van der Waals surface area contributed by atoms with Gasteiger partial charge in [-0.3, -0.25) is 0 Å². The van der Waals surface area contributed by atoms with E-state index in [4.69, 9.17) is 0 Å². The molecular weight excluding hydrogens is 246 g/mol. The van der Waals surface area contributed by atoms with Crippen molar-refractivity contribution in [1.29, 1.82) is 0 Å². The maximum atomic E-state index is 3.64. The van der Waals surface area contributed by atoms with Gasteiger partial charge in [-0.1, -0.05) is 26.2 Å². The minimum absolute atomic E-state index is 0.548. The molecular formula is C17H35N3. The molecule has 20 heavy (non-hydrogen) atoms. The van der Waals surface area contributed by atoms with E-state index in [-0.39, 0.29) is 0 Å². The van der Waals surface area contributed by atoms with Crippen LogP contribution in [0.2, 0.25) is 0 Å². The fraction of sp³-hybridized carbons (Fsp3) is 1.00. The summed E-state index contributed by atoms with van der Waals surface area (Å²) in [5, 5.41) is 3.64. The van der Waals surface area contributed by atoms with Gasteiger partial charge in [-0.2, -0.15) is 0 Å². The third kappa shape index (κ3) is 4.44. The Labute approximate surface area is 126 Å². The highest BCUT2D eigenvalue weighted by Crippen LogP contribution is 2.37. The van der Waals surface area contributed by atoms with E-state index in [0.717, 1.165) is 12.6 Å². The largest absolute Gasteiger partial charge is 0.316 e. The standard InChI is InChI=1S/C17H35N3/c1-4-18-14-17(10-6-5-7-11-17)15-20(3)16-8-12-19(2)13-9-16/h16,18H,4-15H2,1-3H3. The van der Waals surface area contributed by atoms with Crippen molar-refractivity contribution in [3.63, 3.8) is 0 Å². The van der Waals surface area contributed by atoms with Crippen LogP contribution in [0.3, 0.4) is 0 Å². The Morgan fingerprint density at radius 3 is 2.40 bits per heavy atom. The lowest BCUT2D eigenvalue weighted by atomic mass is 9.73. The van der Waals surface area contributed by atoms with Crippen LogP contribution in [0.5, 0.6) is 0 Å². The predicted octanol–water partition coefficient (Wildman–Crippen LogP) is 2.57. The molecule has 0 unspecified atom stereocenters. The molecule has 3 heteroatoms. The van der Waals surface area contributed by atoms with Crippen LogP contribution in [0, 0.1) is 5.41 Å². The molecule has 0 aromatic heterocycles. The maximum Gasteiger partial charge on any atom is 0.0117 e. The van der Waals surface area contributed by atoms with E-state index < -0.39 is 0 Å². The summed E-state index contributed by atoms with van der Waals surface area (Å²) >= 11 is 0. The molecule has 0 radical (unpaired) electrons. The first-order chi connectivity index (χ1) is 9.65. The average molecular weight is 281 g/mol. The number of hydrogen-bond donors (Lipinski definition) is 1. The van der Waals surface area contributed by atoms with Gasteiger partial charge in [0.1, 0.15) is 0 Å². The van der Waals surface area contributed by atoms with Gasteiger partial charge in [0.05, 0.1) is 0 Å². The summed E-state index contributed by atoms with van der Waals surface area (Å²) in [6, 6.07) is 0.812. The van der Waals surface area contributed by atoms with E-state index in [2.05, 4.69) is 36.1 Å². The zero-order valence-corrected chi connectivity index (χ0v) is 14.0. The lowest BCUT2D eigenvalue weighted by molar-refractivity contribution is 0.0684. The lowest BCUT2D eigenvalue weighted by Gasteiger charge is -2.44. The number of nitrogens with one attached hydrogen (secondary N) is 1. The highest BCUT2D eigenvalue weighted by molar-refractivity contribution is 4.89. The Bertz CT molecular complexity index is 265. The molecule has 0 amide bonds. The molecule has 2 rings (SSSR count). The summed E-state index contributed by atoms with van der Waals surface area (Å²) in [5.41, 5.74) is 0.548. The van der Waals surface area contributed by atoms with Gasteiger partial charge in [0, 0.05) is 19.1 Å². The fourth-order valence-electron chi connectivity index (χ4n) is 4.18. The molecule has 1 aliphatic carbocycles. The summed E-state index contributed by atoms with van der Waals surface area (Å²) in [6.45, 7) is 8.41. The Kier molecular flexibility index (Phi) is 6.31. The summed E-state index contributed by atoms with van der Waals surface area (Å²) in [5.74, 6) is 0.